The molecule has 144 valence electrons. The average molecular weight is 368 g/mol. The number of benzene rings is 1. The number of hydrogen-bond donors (Lipinski definition) is 1. The van der Waals surface area contributed by atoms with E-state index in [-0.39, 0.29) is 5.91 Å². The van der Waals surface area contributed by atoms with Crippen molar-refractivity contribution in [1.82, 2.24) is 4.98 Å². The summed E-state index contributed by atoms with van der Waals surface area (Å²) < 4.78 is 5.43. The van der Waals surface area contributed by atoms with Crippen molar-refractivity contribution < 1.29 is 9.53 Å². The highest BCUT2D eigenvalue weighted by Crippen LogP contribution is 2.27. The molecule has 0 atom stereocenters. The maximum absolute atomic E-state index is 12.8. The lowest BCUT2D eigenvalue weighted by Crippen LogP contribution is -2.36. The Morgan fingerprint density at radius 3 is 2.81 bits per heavy atom. The molecule has 0 unspecified atom stereocenters. The summed E-state index contributed by atoms with van der Waals surface area (Å²) in [7, 11) is 2.01. The van der Waals surface area contributed by atoms with Crippen LogP contribution in [0.2, 0.25) is 0 Å². The zero-order chi connectivity index (χ0) is 19.1. The van der Waals surface area contributed by atoms with Crippen molar-refractivity contribution >= 4 is 23.1 Å². The largest absolute Gasteiger partial charge is 0.378 e. The van der Waals surface area contributed by atoms with Crippen LogP contribution in [0.4, 0.5) is 17.2 Å². The van der Waals surface area contributed by atoms with Gasteiger partial charge in [-0.15, -0.1) is 0 Å². The highest BCUT2D eigenvalue weighted by atomic mass is 16.5. The molecule has 27 heavy (non-hydrogen) atoms. The normalized spacial score (nSPS) is 14.1. The van der Waals surface area contributed by atoms with Gasteiger partial charge >= 0.3 is 0 Å². The maximum atomic E-state index is 12.8. The van der Waals surface area contributed by atoms with Crippen LogP contribution < -0.4 is 15.1 Å². The Bertz CT molecular complexity index is 759. The minimum absolute atomic E-state index is 0.122. The van der Waals surface area contributed by atoms with Gasteiger partial charge in [-0.3, -0.25) is 4.79 Å². The first-order chi connectivity index (χ1) is 13.2. The number of pyridine rings is 1. The fourth-order valence-electron chi connectivity index (χ4n) is 3.13. The summed E-state index contributed by atoms with van der Waals surface area (Å²) in [6.07, 6.45) is 3.92. The monoisotopic (exact) mass is 368 g/mol. The minimum Gasteiger partial charge on any atom is -0.378 e. The first-order valence-electron chi connectivity index (χ1n) is 9.59. The van der Waals surface area contributed by atoms with E-state index in [1.165, 1.54) is 0 Å². The van der Waals surface area contributed by atoms with E-state index in [0.29, 0.717) is 18.8 Å². The third-order valence-electron chi connectivity index (χ3n) is 4.75. The SMILES string of the molecule is CCCCN(C)c1cc(C(=O)Nc2ccccc2N2CCOCC2)ccn1. The molecule has 2 aromatic rings. The van der Waals surface area contributed by atoms with Crippen LogP contribution in [0.25, 0.3) is 0 Å². The summed E-state index contributed by atoms with van der Waals surface area (Å²) in [5, 5.41) is 3.07. The number of nitrogens with one attached hydrogen (secondary N) is 1. The van der Waals surface area contributed by atoms with Crippen molar-refractivity contribution in [2.75, 3.05) is 55.0 Å². The smallest absolute Gasteiger partial charge is 0.255 e. The number of para-hydroxylation sites is 2. The van der Waals surface area contributed by atoms with Gasteiger partial charge in [0.15, 0.2) is 0 Å². The van der Waals surface area contributed by atoms with Gasteiger partial charge in [0.05, 0.1) is 24.6 Å². The van der Waals surface area contributed by atoms with Crippen LogP contribution in [0.5, 0.6) is 0 Å². The Morgan fingerprint density at radius 1 is 1.26 bits per heavy atom. The Hall–Kier alpha value is -2.60. The summed E-state index contributed by atoms with van der Waals surface area (Å²) in [5.74, 6) is 0.695. The van der Waals surface area contributed by atoms with Gasteiger partial charge in [0, 0.05) is 38.4 Å². The van der Waals surface area contributed by atoms with Gasteiger partial charge in [-0.05, 0) is 30.7 Å². The van der Waals surface area contributed by atoms with Crippen molar-refractivity contribution in [3.05, 3.63) is 48.2 Å². The zero-order valence-corrected chi connectivity index (χ0v) is 16.1. The first kappa shape index (κ1) is 19.2. The molecule has 0 bridgehead atoms. The maximum Gasteiger partial charge on any atom is 0.255 e. The molecule has 0 aliphatic carbocycles. The zero-order valence-electron chi connectivity index (χ0n) is 16.1. The Morgan fingerprint density at radius 2 is 2.04 bits per heavy atom. The molecule has 0 spiro atoms. The van der Waals surface area contributed by atoms with Crippen LogP contribution >= 0.6 is 0 Å². The molecule has 3 rings (SSSR count). The van der Waals surface area contributed by atoms with Crippen molar-refractivity contribution in [2.45, 2.75) is 19.8 Å². The van der Waals surface area contributed by atoms with E-state index in [9.17, 15) is 4.79 Å². The van der Waals surface area contributed by atoms with Crippen LogP contribution in [0.3, 0.4) is 0 Å². The van der Waals surface area contributed by atoms with Gasteiger partial charge in [-0.25, -0.2) is 4.98 Å². The number of nitrogens with zero attached hydrogens (tertiary/aromatic N) is 3. The van der Waals surface area contributed by atoms with Crippen LogP contribution in [0.15, 0.2) is 42.6 Å². The summed E-state index contributed by atoms with van der Waals surface area (Å²) in [4.78, 5) is 21.6. The summed E-state index contributed by atoms with van der Waals surface area (Å²) >= 11 is 0. The van der Waals surface area contributed by atoms with Crippen molar-refractivity contribution in [3.8, 4) is 0 Å². The molecule has 1 aromatic carbocycles. The van der Waals surface area contributed by atoms with Gasteiger partial charge in [0.25, 0.3) is 5.91 Å². The van der Waals surface area contributed by atoms with E-state index in [2.05, 4.69) is 27.0 Å². The lowest BCUT2D eigenvalue weighted by molar-refractivity contribution is 0.102. The average Bonchev–Trinajstić information content (AvgIpc) is 2.73. The predicted octanol–water partition coefficient (Wildman–Crippen LogP) is 3.41. The first-order valence-corrected chi connectivity index (χ1v) is 9.59. The predicted molar refractivity (Wildman–Crippen MR) is 110 cm³/mol. The Balaban J connectivity index is 1.74. The molecule has 6 nitrogen and oxygen atoms in total. The van der Waals surface area contributed by atoms with E-state index in [1.54, 1.807) is 12.3 Å². The number of rotatable bonds is 7. The van der Waals surface area contributed by atoms with E-state index in [0.717, 1.165) is 49.7 Å². The minimum atomic E-state index is -0.122. The van der Waals surface area contributed by atoms with Crippen LogP contribution in [-0.2, 0) is 4.74 Å². The number of aromatic nitrogens is 1. The number of amides is 1. The number of unbranched alkanes of at least 4 members (excludes halogenated alkanes) is 1. The Kier molecular flexibility index (Phi) is 6.65. The number of anilines is 3. The second-order valence-corrected chi connectivity index (χ2v) is 6.75. The second kappa shape index (κ2) is 9.37. The molecule has 0 radical (unpaired) electrons. The second-order valence-electron chi connectivity index (χ2n) is 6.75. The summed E-state index contributed by atoms with van der Waals surface area (Å²) in [6.45, 7) is 6.16. The van der Waals surface area contributed by atoms with Gasteiger partial charge in [-0.1, -0.05) is 25.5 Å². The topological polar surface area (TPSA) is 57.7 Å². The molecule has 0 saturated carbocycles. The van der Waals surface area contributed by atoms with E-state index < -0.39 is 0 Å². The molecule has 2 heterocycles. The standard InChI is InChI=1S/C21H28N4O2/c1-3-4-11-24(2)20-16-17(9-10-22-20)21(26)23-18-7-5-6-8-19(18)25-12-14-27-15-13-25/h5-10,16H,3-4,11-15H2,1-2H3,(H,23,26). The lowest BCUT2D eigenvalue weighted by Gasteiger charge is -2.30. The van der Waals surface area contributed by atoms with Crippen LogP contribution in [0, 0.1) is 0 Å². The molecule has 1 aliphatic heterocycles. The fraction of sp³-hybridized carbons (Fsp3) is 0.429. The van der Waals surface area contributed by atoms with Gasteiger partial charge in [-0.2, -0.15) is 0 Å². The van der Waals surface area contributed by atoms with E-state index in [4.69, 9.17) is 4.74 Å². The quantitative estimate of drug-likeness (QED) is 0.812. The number of morpholine rings is 1. The molecule has 1 aliphatic rings. The molecule has 1 fully saturated rings. The Labute approximate surface area is 161 Å². The fourth-order valence-corrected chi connectivity index (χ4v) is 3.13. The number of hydrogen-bond acceptors (Lipinski definition) is 5. The van der Waals surface area contributed by atoms with Crippen LogP contribution in [0.1, 0.15) is 30.1 Å². The highest BCUT2D eigenvalue weighted by molar-refractivity contribution is 6.06. The number of carbonyl (C=O) groups is 1. The summed E-state index contributed by atoms with van der Waals surface area (Å²) in [6, 6.07) is 11.5. The molecular weight excluding hydrogens is 340 g/mol. The summed E-state index contributed by atoms with van der Waals surface area (Å²) in [5.41, 5.74) is 2.46. The third kappa shape index (κ3) is 4.98. The number of ether oxygens (including phenoxy) is 1. The van der Waals surface area contributed by atoms with E-state index >= 15 is 0 Å². The van der Waals surface area contributed by atoms with Crippen LogP contribution in [-0.4, -0.2) is 50.8 Å². The lowest BCUT2D eigenvalue weighted by atomic mass is 10.2. The van der Waals surface area contributed by atoms with Crippen molar-refractivity contribution in [1.29, 1.82) is 0 Å². The highest BCUT2D eigenvalue weighted by Gasteiger charge is 2.17. The molecule has 1 saturated heterocycles. The molecule has 1 amide bonds. The van der Waals surface area contributed by atoms with E-state index in [1.807, 2.05) is 37.4 Å². The van der Waals surface area contributed by atoms with Gasteiger partial charge < -0.3 is 19.9 Å². The molecule has 6 heteroatoms. The molecule has 1 N–H and O–H groups in total. The van der Waals surface area contributed by atoms with Gasteiger partial charge in [0.1, 0.15) is 5.82 Å². The third-order valence-corrected chi connectivity index (χ3v) is 4.75. The molecular formula is C21H28N4O2. The molecule has 1 aromatic heterocycles. The van der Waals surface area contributed by atoms with Gasteiger partial charge in [0.2, 0.25) is 0 Å². The van der Waals surface area contributed by atoms with Crippen molar-refractivity contribution in [3.63, 3.8) is 0 Å². The van der Waals surface area contributed by atoms with Crippen molar-refractivity contribution in [2.24, 2.45) is 0 Å². The number of carbonyl (C=O) groups excluding carboxylic acids is 1.